The number of hydrogen-bond acceptors (Lipinski definition) is 2. The smallest absolute Gasteiger partial charge is 0.253 e. The van der Waals surface area contributed by atoms with Crippen molar-refractivity contribution in [3.05, 3.63) is 71.8 Å². The summed E-state index contributed by atoms with van der Waals surface area (Å²) in [7, 11) is 0. The van der Waals surface area contributed by atoms with Crippen molar-refractivity contribution < 1.29 is 9.90 Å². The predicted molar refractivity (Wildman–Crippen MR) is 84.2 cm³/mol. The van der Waals surface area contributed by atoms with Crippen molar-refractivity contribution in [3.63, 3.8) is 0 Å². The average molecular weight is 324 g/mol. The second-order valence-electron chi connectivity index (χ2n) is 4.55. The molecule has 0 spiro atoms. The average Bonchev–Trinajstić information content (AvgIpc) is 2.53. The van der Waals surface area contributed by atoms with Crippen LogP contribution in [-0.4, -0.2) is 15.8 Å². The minimum Gasteiger partial charge on any atom is -0.386 e. The molecule has 0 heterocycles. The lowest BCUT2D eigenvalue weighted by atomic mass is 9.96. The van der Waals surface area contributed by atoms with Crippen LogP contribution in [0.3, 0.4) is 0 Å². The molecule has 0 aromatic heterocycles. The molecule has 21 heavy (non-hydrogen) atoms. The Bertz CT molecular complexity index is 575. The number of aliphatic hydroxyl groups excluding tert-OH is 1. The van der Waals surface area contributed by atoms with E-state index in [9.17, 15) is 9.90 Å². The Morgan fingerprint density at radius 2 is 1.38 bits per heavy atom. The molecule has 0 bridgehead atoms. The second-order valence-corrected chi connectivity index (χ2v) is 5.65. The quantitative estimate of drug-likeness (QED) is 0.829. The summed E-state index contributed by atoms with van der Waals surface area (Å²) < 4.78 is 0. The van der Waals surface area contributed by atoms with E-state index in [0.29, 0.717) is 5.56 Å². The number of carbonyl (C=O) groups excluding carboxylic acids is 1. The topological polar surface area (TPSA) is 49.3 Å². The molecule has 3 nitrogen and oxygen atoms in total. The van der Waals surface area contributed by atoms with Crippen LogP contribution in [0.4, 0.5) is 0 Å². The van der Waals surface area contributed by atoms with Gasteiger partial charge in [0.2, 0.25) is 0 Å². The molecule has 0 aliphatic carbocycles. The van der Waals surface area contributed by atoms with Gasteiger partial charge in [-0.3, -0.25) is 4.79 Å². The maximum Gasteiger partial charge on any atom is 0.253 e. The Labute approximate surface area is 133 Å². The van der Waals surface area contributed by atoms with Crippen LogP contribution in [0.5, 0.6) is 0 Å². The van der Waals surface area contributed by atoms with Crippen molar-refractivity contribution in [1.82, 2.24) is 5.32 Å². The molecular weight excluding hydrogens is 309 g/mol. The fraction of sp³-hybridized carbons (Fsp3) is 0.188. The molecule has 0 saturated heterocycles. The van der Waals surface area contributed by atoms with Crippen LogP contribution < -0.4 is 5.32 Å². The van der Waals surface area contributed by atoms with E-state index in [1.165, 1.54) is 0 Å². The van der Waals surface area contributed by atoms with Gasteiger partial charge in [0.25, 0.3) is 5.91 Å². The number of rotatable bonds is 5. The molecule has 2 N–H and O–H groups in total. The van der Waals surface area contributed by atoms with Crippen molar-refractivity contribution in [2.45, 2.75) is 17.0 Å². The van der Waals surface area contributed by atoms with Crippen LogP contribution in [0.1, 0.15) is 23.3 Å². The molecule has 0 saturated carbocycles. The lowest BCUT2D eigenvalue weighted by Gasteiger charge is -2.25. The van der Waals surface area contributed by atoms with Crippen LogP contribution in [0.2, 0.25) is 0 Å². The first-order chi connectivity index (χ1) is 10.1. The van der Waals surface area contributed by atoms with Gasteiger partial charge in [0.1, 0.15) is 6.10 Å². The number of nitrogens with one attached hydrogen (secondary N) is 1. The Morgan fingerprint density at radius 3 is 1.86 bits per heavy atom. The SMILES string of the molecule is O=C(NC(c1ccccc1)C(O)c1ccccc1)C(Cl)Cl. The van der Waals surface area contributed by atoms with Gasteiger partial charge >= 0.3 is 0 Å². The molecule has 2 aromatic rings. The summed E-state index contributed by atoms with van der Waals surface area (Å²) in [6.07, 6.45) is -0.898. The zero-order valence-corrected chi connectivity index (χ0v) is 12.6. The van der Waals surface area contributed by atoms with E-state index in [1.807, 2.05) is 48.5 Å². The normalized spacial score (nSPS) is 13.7. The highest BCUT2D eigenvalue weighted by Crippen LogP contribution is 2.29. The van der Waals surface area contributed by atoms with E-state index < -0.39 is 22.9 Å². The Kier molecular flexibility index (Phi) is 5.62. The third-order valence-corrected chi connectivity index (χ3v) is 3.51. The molecule has 5 heteroatoms. The predicted octanol–water partition coefficient (Wildman–Crippen LogP) is 3.38. The van der Waals surface area contributed by atoms with E-state index in [2.05, 4.69) is 5.32 Å². The highest BCUT2D eigenvalue weighted by molar-refractivity contribution is 6.53. The van der Waals surface area contributed by atoms with Crippen molar-refractivity contribution in [3.8, 4) is 0 Å². The maximum atomic E-state index is 11.8. The zero-order chi connectivity index (χ0) is 15.2. The molecule has 0 aliphatic heterocycles. The highest BCUT2D eigenvalue weighted by atomic mass is 35.5. The fourth-order valence-electron chi connectivity index (χ4n) is 2.06. The van der Waals surface area contributed by atoms with Gasteiger partial charge < -0.3 is 10.4 Å². The summed E-state index contributed by atoms with van der Waals surface area (Å²) in [6.45, 7) is 0. The standard InChI is InChI=1S/C16H15Cl2NO2/c17-15(18)16(21)19-13(11-7-3-1-4-8-11)14(20)12-9-5-2-6-10-12/h1-10,13-15,20H,(H,19,21). The van der Waals surface area contributed by atoms with Crippen LogP contribution in [0, 0.1) is 0 Å². The zero-order valence-electron chi connectivity index (χ0n) is 11.1. The van der Waals surface area contributed by atoms with Gasteiger partial charge in [0.15, 0.2) is 4.84 Å². The van der Waals surface area contributed by atoms with E-state index in [4.69, 9.17) is 23.2 Å². The molecule has 2 rings (SSSR count). The summed E-state index contributed by atoms with van der Waals surface area (Å²) in [5, 5.41) is 13.2. The Hall–Kier alpha value is -1.55. The minimum atomic E-state index is -1.18. The number of hydrogen-bond donors (Lipinski definition) is 2. The third-order valence-electron chi connectivity index (χ3n) is 3.11. The lowest BCUT2D eigenvalue weighted by Crippen LogP contribution is -2.35. The number of carbonyl (C=O) groups is 1. The molecule has 2 atom stereocenters. The molecule has 2 aromatic carbocycles. The first-order valence-corrected chi connectivity index (χ1v) is 7.33. The fourth-order valence-corrected chi connectivity index (χ4v) is 2.19. The van der Waals surface area contributed by atoms with E-state index in [-0.39, 0.29) is 0 Å². The van der Waals surface area contributed by atoms with Crippen LogP contribution in [0.15, 0.2) is 60.7 Å². The maximum absolute atomic E-state index is 11.8. The van der Waals surface area contributed by atoms with E-state index in [0.717, 1.165) is 5.56 Å². The largest absolute Gasteiger partial charge is 0.386 e. The summed E-state index contributed by atoms with van der Waals surface area (Å²) in [5.41, 5.74) is 1.48. The summed E-state index contributed by atoms with van der Waals surface area (Å²) >= 11 is 11.2. The number of aliphatic hydroxyl groups is 1. The molecule has 2 unspecified atom stereocenters. The number of alkyl halides is 2. The molecule has 110 valence electrons. The summed E-state index contributed by atoms with van der Waals surface area (Å²) in [6, 6.07) is 17.7. The summed E-state index contributed by atoms with van der Waals surface area (Å²) in [4.78, 5) is 10.6. The van der Waals surface area contributed by atoms with Crippen molar-refractivity contribution >= 4 is 29.1 Å². The Balaban J connectivity index is 2.30. The van der Waals surface area contributed by atoms with E-state index in [1.54, 1.807) is 12.1 Å². The molecule has 0 fully saturated rings. The minimum absolute atomic E-state index is 0.540. The van der Waals surface area contributed by atoms with Crippen molar-refractivity contribution in [2.75, 3.05) is 0 Å². The lowest BCUT2D eigenvalue weighted by molar-refractivity contribution is -0.121. The first-order valence-electron chi connectivity index (χ1n) is 6.46. The number of halogens is 2. The van der Waals surface area contributed by atoms with Gasteiger partial charge in [0, 0.05) is 0 Å². The third kappa shape index (κ3) is 4.21. The molecule has 0 aliphatic rings. The second kappa shape index (κ2) is 7.46. The number of amides is 1. The van der Waals surface area contributed by atoms with Gasteiger partial charge in [-0.05, 0) is 11.1 Å². The van der Waals surface area contributed by atoms with E-state index >= 15 is 0 Å². The van der Waals surface area contributed by atoms with Crippen molar-refractivity contribution in [2.24, 2.45) is 0 Å². The Morgan fingerprint density at radius 1 is 0.905 bits per heavy atom. The molecular formula is C16H15Cl2NO2. The van der Waals surface area contributed by atoms with Crippen molar-refractivity contribution in [1.29, 1.82) is 0 Å². The van der Waals surface area contributed by atoms with Gasteiger partial charge in [-0.25, -0.2) is 0 Å². The van der Waals surface area contributed by atoms with Crippen LogP contribution in [-0.2, 0) is 4.79 Å². The summed E-state index contributed by atoms with van der Waals surface area (Å²) in [5.74, 6) is -0.540. The van der Waals surface area contributed by atoms with Gasteiger partial charge in [-0.2, -0.15) is 0 Å². The molecule has 1 amide bonds. The monoisotopic (exact) mass is 323 g/mol. The highest BCUT2D eigenvalue weighted by Gasteiger charge is 2.26. The van der Waals surface area contributed by atoms with Crippen LogP contribution >= 0.6 is 23.2 Å². The van der Waals surface area contributed by atoms with Gasteiger partial charge in [0.05, 0.1) is 6.04 Å². The van der Waals surface area contributed by atoms with Gasteiger partial charge in [-0.1, -0.05) is 83.9 Å². The first kappa shape index (κ1) is 15.8. The number of benzene rings is 2. The van der Waals surface area contributed by atoms with Crippen LogP contribution in [0.25, 0.3) is 0 Å². The van der Waals surface area contributed by atoms with Gasteiger partial charge in [-0.15, -0.1) is 0 Å². The molecule has 0 radical (unpaired) electrons.